The van der Waals surface area contributed by atoms with Gasteiger partial charge in [0.2, 0.25) is 5.91 Å². The maximum atomic E-state index is 13.2. The number of amides is 1. The number of ether oxygens (including phenoxy) is 1. The van der Waals surface area contributed by atoms with Crippen molar-refractivity contribution in [2.75, 3.05) is 26.3 Å². The van der Waals surface area contributed by atoms with Gasteiger partial charge in [-0.3, -0.25) is 14.5 Å². The predicted molar refractivity (Wildman–Crippen MR) is 96.6 cm³/mol. The van der Waals surface area contributed by atoms with Crippen molar-refractivity contribution >= 4 is 5.91 Å². The summed E-state index contributed by atoms with van der Waals surface area (Å²) in [6.07, 6.45) is 6.90. The number of hydrogen-bond donors (Lipinski definition) is 2. The molecule has 0 spiro atoms. The molecule has 0 unspecified atom stereocenters. The van der Waals surface area contributed by atoms with Crippen molar-refractivity contribution in [3.8, 4) is 0 Å². The molecule has 2 N–H and O–H groups in total. The highest BCUT2D eigenvalue weighted by molar-refractivity contribution is 5.86. The Kier molecular flexibility index (Phi) is 5.59. The maximum Gasteiger partial charge on any atom is 0.240 e. The second kappa shape index (κ2) is 7.70. The number of aryl methyl sites for hydroxylation is 1. The molecule has 0 radical (unpaired) electrons. The van der Waals surface area contributed by atoms with E-state index in [9.17, 15) is 9.59 Å². The van der Waals surface area contributed by atoms with E-state index in [4.69, 9.17) is 4.74 Å². The molecule has 0 aromatic carbocycles. The number of carbonyl (C=O) groups is 1. The summed E-state index contributed by atoms with van der Waals surface area (Å²) in [4.78, 5) is 30.7. The first kappa shape index (κ1) is 18.1. The normalized spacial score (nSPS) is 21.0. The Bertz CT molecular complexity index is 671. The van der Waals surface area contributed by atoms with Gasteiger partial charge in [0.25, 0.3) is 0 Å². The molecule has 0 bridgehead atoms. The van der Waals surface area contributed by atoms with Crippen LogP contribution < -0.4 is 10.7 Å². The van der Waals surface area contributed by atoms with Crippen LogP contribution in [0.3, 0.4) is 0 Å². The van der Waals surface area contributed by atoms with Gasteiger partial charge in [-0.25, -0.2) is 0 Å². The summed E-state index contributed by atoms with van der Waals surface area (Å²) in [7, 11) is 0. The number of rotatable bonds is 4. The van der Waals surface area contributed by atoms with Crippen LogP contribution in [0.5, 0.6) is 0 Å². The highest BCUT2D eigenvalue weighted by atomic mass is 16.5. The van der Waals surface area contributed by atoms with Crippen molar-refractivity contribution in [2.45, 2.75) is 58.0 Å². The fourth-order valence-electron chi connectivity index (χ4n) is 4.13. The molecular formula is C19H29N3O3. The van der Waals surface area contributed by atoms with Crippen LogP contribution in [0, 0.1) is 13.8 Å². The van der Waals surface area contributed by atoms with Crippen molar-refractivity contribution in [1.29, 1.82) is 0 Å². The highest BCUT2D eigenvalue weighted by Crippen LogP contribution is 2.34. The average molecular weight is 347 g/mol. The second-order valence-corrected chi connectivity index (χ2v) is 7.28. The summed E-state index contributed by atoms with van der Waals surface area (Å²) < 4.78 is 5.47. The Balaban J connectivity index is 1.74. The van der Waals surface area contributed by atoms with E-state index in [1.54, 1.807) is 13.1 Å². The summed E-state index contributed by atoms with van der Waals surface area (Å²) in [5, 5.41) is 3.10. The number of morpholine rings is 1. The molecule has 1 aromatic heterocycles. The molecule has 0 atom stereocenters. The molecule has 2 heterocycles. The van der Waals surface area contributed by atoms with Gasteiger partial charge in [0.05, 0.1) is 19.8 Å². The van der Waals surface area contributed by atoms with Gasteiger partial charge in [-0.2, -0.15) is 0 Å². The van der Waals surface area contributed by atoms with Crippen molar-refractivity contribution in [3.63, 3.8) is 0 Å². The maximum absolute atomic E-state index is 13.2. The van der Waals surface area contributed by atoms with E-state index < -0.39 is 5.54 Å². The molecule has 1 aliphatic carbocycles. The van der Waals surface area contributed by atoms with Crippen molar-refractivity contribution in [2.24, 2.45) is 0 Å². The van der Waals surface area contributed by atoms with Gasteiger partial charge in [0.15, 0.2) is 5.43 Å². The van der Waals surface area contributed by atoms with E-state index in [1.807, 2.05) is 6.92 Å². The largest absolute Gasteiger partial charge is 0.379 e. The molecule has 6 nitrogen and oxygen atoms in total. The quantitative estimate of drug-likeness (QED) is 0.868. The number of hydrogen-bond acceptors (Lipinski definition) is 4. The van der Waals surface area contributed by atoms with E-state index >= 15 is 0 Å². The summed E-state index contributed by atoms with van der Waals surface area (Å²) in [6.45, 7) is 6.99. The van der Waals surface area contributed by atoms with Gasteiger partial charge in [-0.05, 0) is 26.7 Å². The number of nitrogens with one attached hydrogen (secondary N) is 2. The molecule has 2 fully saturated rings. The number of carbonyl (C=O) groups excluding carboxylic acids is 1. The summed E-state index contributed by atoms with van der Waals surface area (Å²) >= 11 is 0. The van der Waals surface area contributed by atoms with Crippen LogP contribution in [0.1, 0.15) is 48.9 Å². The Morgan fingerprint density at radius 2 is 1.92 bits per heavy atom. The fraction of sp³-hybridized carbons (Fsp3) is 0.684. The Labute approximate surface area is 148 Å². The first-order valence-corrected chi connectivity index (χ1v) is 9.33. The van der Waals surface area contributed by atoms with Gasteiger partial charge in [0, 0.05) is 36.1 Å². The molecular weight excluding hydrogens is 318 g/mol. The number of H-pyrrole nitrogens is 1. The van der Waals surface area contributed by atoms with Crippen LogP contribution in [0.2, 0.25) is 0 Å². The Morgan fingerprint density at radius 1 is 1.24 bits per heavy atom. The predicted octanol–water partition coefficient (Wildman–Crippen LogP) is 1.64. The van der Waals surface area contributed by atoms with Crippen LogP contribution in [-0.2, 0) is 16.1 Å². The van der Waals surface area contributed by atoms with Gasteiger partial charge in [0.1, 0.15) is 5.54 Å². The average Bonchev–Trinajstić information content (AvgIpc) is 2.66. The van der Waals surface area contributed by atoms with Crippen LogP contribution in [0.15, 0.2) is 11.0 Å². The van der Waals surface area contributed by atoms with E-state index in [0.717, 1.165) is 44.5 Å². The molecule has 1 aliphatic heterocycles. The SMILES string of the molecule is Cc1c[nH]c(CNC(=O)C2(N3CCOCC3)CCCCC2)c(C)c1=O. The molecule has 3 rings (SSSR count). The van der Waals surface area contributed by atoms with Crippen molar-refractivity contribution in [3.05, 3.63) is 33.2 Å². The Morgan fingerprint density at radius 3 is 2.60 bits per heavy atom. The lowest BCUT2D eigenvalue weighted by atomic mass is 9.79. The fourth-order valence-corrected chi connectivity index (χ4v) is 4.13. The van der Waals surface area contributed by atoms with E-state index in [2.05, 4.69) is 15.2 Å². The third-order valence-electron chi connectivity index (χ3n) is 5.76. The molecule has 1 saturated heterocycles. The highest BCUT2D eigenvalue weighted by Gasteiger charge is 2.44. The minimum Gasteiger partial charge on any atom is -0.379 e. The molecule has 138 valence electrons. The first-order valence-electron chi connectivity index (χ1n) is 9.33. The standard InChI is InChI=1S/C19H29N3O3/c1-14-12-20-16(15(2)17(14)23)13-21-18(24)19(6-4-3-5-7-19)22-8-10-25-11-9-22/h12H,3-11,13H2,1-2H3,(H,20,23)(H,21,24). The van der Waals surface area contributed by atoms with Crippen molar-refractivity contribution < 1.29 is 9.53 Å². The minimum atomic E-state index is -0.416. The third kappa shape index (κ3) is 3.65. The smallest absolute Gasteiger partial charge is 0.240 e. The van der Waals surface area contributed by atoms with Gasteiger partial charge in [-0.1, -0.05) is 19.3 Å². The van der Waals surface area contributed by atoms with Crippen molar-refractivity contribution in [1.82, 2.24) is 15.2 Å². The first-order chi connectivity index (χ1) is 12.0. The third-order valence-corrected chi connectivity index (χ3v) is 5.76. The molecule has 6 heteroatoms. The minimum absolute atomic E-state index is 0.0450. The zero-order chi connectivity index (χ0) is 17.9. The van der Waals surface area contributed by atoms with Gasteiger partial charge < -0.3 is 15.0 Å². The van der Waals surface area contributed by atoms with E-state index in [1.165, 1.54) is 6.42 Å². The van der Waals surface area contributed by atoms with Gasteiger partial charge >= 0.3 is 0 Å². The number of nitrogens with zero attached hydrogens (tertiary/aromatic N) is 1. The number of pyridine rings is 1. The number of aromatic amines is 1. The second-order valence-electron chi connectivity index (χ2n) is 7.28. The molecule has 1 saturated carbocycles. The topological polar surface area (TPSA) is 74.4 Å². The zero-order valence-corrected chi connectivity index (χ0v) is 15.3. The lowest BCUT2D eigenvalue weighted by Crippen LogP contribution is -2.62. The van der Waals surface area contributed by atoms with Crippen LogP contribution in [0.4, 0.5) is 0 Å². The van der Waals surface area contributed by atoms with Gasteiger partial charge in [-0.15, -0.1) is 0 Å². The Hall–Kier alpha value is -1.66. The van der Waals surface area contributed by atoms with Crippen LogP contribution >= 0.6 is 0 Å². The van der Waals surface area contributed by atoms with Crippen LogP contribution in [0.25, 0.3) is 0 Å². The monoisotopic (exact) mass is 347 g/mol. The summed E-state index contributed by atoms with van der Waals surface area (Å²) in [6, 6.07) is 0. The molecule has 2 aliphatic rings. The van der Waals surface area contributed by atoms with Crippen LogP contribution in [-0.4, -0.2) is 47.6 Å². The number of aromatic nitrogens is 1. The lowest BCUT2D eigenvalue weighted by molar-refractivity contribution is -0.140. The molecule has 1 amide bonds. The van der Waals surface area contributed by atoms with E-state index in [-0.39, 0.29) is 11.3 Å². The van der Waals surface area contributed by atoms with E-state index in [0.29, 0.717) is 30.9 Å². The molecule has 25 heavy (non-hydrogen) atoms. The lowest BCUT2D eigenvalue weighted by Gasteiger charge is -2.46. The molecule has 1 aromatic rings. The summed E-state index contributed by atoms with van der Waals surface area (Å²) in [5.74, 6) is 0.0925. The zero-order valence-electron chi connectivity index (χ0n) is 15.3. The summed E-state index contributed by atoms with van der Waals surface area (Å²) in [5.41, 5.74) is 1.80.